The van der Waals surface area contributed by atoms with E-state index in [1.165, 1.54) is 20.9 Å². The smallest absolute Gasteiger partial charge is 0.331 e. The highest BCUT2D eigenvalue weighted by atomic mass is 32.2. The molecule has 4 rings (SSSR count). The Balaban J connectivity index is 1.54. The lowest BCUT2D eigenvalue weighted by Gasteiger charge is -2.16. The highest BCUT2D eigenvalue weighted by molar-refractivity contribution is 8.00. The van der Waals surface area contributed by atoms with Crippen molar-refractivity contribution in [2.75, 3.05) is 6.61 Å². The minimum atomic E-state index is -0.666. The molecule has 1 fully saturated rings. The number of aryl methyl sites for hydroxylation is 2. The van der Waals surface area contributed by atoms with Gasteiger partial charge in [-0.15, -0.1) is 16.9 Å². The molecule has 0 spiro atoms. The maximum atomic E-state index is 13.0. The molecule has 2 aromatic rings. The summed E-state index contributed by atoms with van der Waals surface area (Å²) in [5.74, 6) is 0.172. The van der Waals surface area contributed by atoms with E-state index in [9.17, 15) is 19.8 Å². The molecule has 1 aliphatic heterocycles. The van der Waals surface area contributed by atoms with Crippen molar-refractivity contribution < 1.29 is 10.2 Å². The van der Waals surface area contributed by atoms with Gasteiger partial charge in [-0.2, -0.15) is 0 Å². The summed E-state index contributed by atoms with van der Waals surface area (Å²) in [5, 5.41) is 27.1. The summed E-state index contributed by atoms with van der Waals surface area (Å²) in [4.78, 5) is 25.6. The van der Waals surface area contributed by atoms with Crippen molar-refractivity contribution in [2.24, 2.45) is 0 Å². The Morgan fingerprint density at radius 1 is 1.32 bits per heavy atom. The summed E-state index contributed by atoms with van der Waals surface area (Å²) < 4.78 is 4.71. The third-order valence-corrected chi connectivity index (χ3v) is 7.06. The minimum absolute atomic E-state index is 0.141. The van der Waals surface area contributed by atoms with Crippen LogP contribution in [0.25, 0.3) is 0 Å². The molecule has 0 saturated carbocycles. The van der Waals surface area contributed by atoms with Crippen molar-refractivity contribution in [2.45, 2.75) is 68.8 Å². The summed E-state index contributed by atoms with van der Waals surface area (Å²) >= 11 is 1.37. The van der Waals surface area contributed by atoms with Crippen molar-refractivity contribution in [1.82, 2.24) is 24.1 Å². The molecule has 4 atom stereocenters. The Morgan fingerprint density at radius 2 is 2.11 bits per heavy atom. The number of hydrogen-bond acceptors (Lipinski definition) is 7. The predicted molar refractivity (Wildman–Crippen MR) is 105 cm³/mol. The molecule has 2 aromatic heterocycles. The van der Waals surface area contributed by atoms with Gasteiger partial charge < -0.3 is 10.2 Å². The Morgan fingerprint density at radius 3 is 2.79 bits per heavy atom. The maximum Gasteiger partial charge on any atom is 0.331 e. The van der Waals surface area contributed by atoms with E-state index in [2.05, 4.69) is 17.2 Å². The fourth-order valence-corrected chi connectivity index (χ4v) is 5.32. The van der Waals surface area contributed by atoms with E-state index >= 15 is 0 Å². The fraction of sp³-hybridized carbons (Fsp3) is 0.667. The van der Waals surface area contributed by atoms with E-state index in [-0.39, 0.29) is 34.4 Å². The molecule has 0 aromatic carbocycles. The van der Waals surface area contributed by atoms with Crippen LogP contribution in [-0.4, -0.2) is 52.3 Å². The van der Waals surface area contributed by atoms with Gasteiger partial charge in [0.25, 0.3) is 5.56 Å². The number of aromatic nitrogens is 5. The normalized spacial score (nSPS) is 25.9. The van der Waals surface area contributed by atoms with Crippen LogP contribution in [0.1, 0.15) is 54.4 Å². The standard InChI is InChI=1S/C18H25N5O4S/c1-3-5-23-16-11(15(16)19-20-23)4-6-21-17(26)10(2)8-22(18(21)27)14-7-12(25)13(9-24)28-14/h8,11-14,24-25H,3-7,9H2,1-2H3/t11?,12?,13-,14?/m1/s1. The average Bonchev–Trinajstić information content (AvgIpc) is 2.98. The number of aliphatic hydroxyl groups excluding tert-OH is 2. The van der Waals surface area contributed by atoms with Crippen LogP contribution in [0.3, 0.4) is 0 Å². The highest BCUT2D eigenvalue weighted by Crippen LogP contribution is 2.44. The molecule has 3 unspecified atom stereocenters. The Hall–Kier alpha value is -1.91. The van der Waals surface area contributed by atoms with Crippen LogP contribution in [0, 0.1) is 6.92 Å². The van der Waals surface area contributed by atoms with Gasteiger partial charge >= 0.3 is 5.69 Å². The number of thioether (sulfide) groups is 1. The Labute approximate surface area is 166 Å². The first-order chi connectivity index (χ1) is 13.5. The van der Waals surface area contributed by atoms with Crippen molar-refractivity contribution >= 4 is 11.8 Å². The monoisotopic (exact) mass is 407 g/mol. The second-order valence-electron chi connectivity index (χ2n) is 7.50. The van der Waals surface area contributed by atoms with Gasteiger partial charge in [0.1, 0.15) is 0 Å². The first kappa shape index (κ1) is 19.4. The SMILES string of the molecule is CCCn1nnc2c1C2CCn1c(=O)c(C)cn(C2CC(O)[C@@H](CO)S2)c1=O. The Bertz CT molecular complexity index is 997. The molecular weight excluding hydrogens is 382 g/mol. The van der Waals surface area contributed by atoms with Crippen molar-refractivity contribution in [3.8, 4) is 0 Å². The molecule has 152 valence electrons. The Kier molecular flexibility index (Phi) is 5.19. The van der Waals surface area contributed by atoms with Crippen molar-refractivity contribution in [3.05, 3.63) is 44.0 Å². The van der Waals surface area contributed by atoms with Gasteiger partial charge in [-0.05, 0) is 19.8 Å². The van der Waals surface area contributed by atoms with Gasteiger partial charge in [-0.25, -0.2) is 9.48 Å². The molecule has 0 radical (unpaired) electrons. The van der Waals surface area contributed by atoms with Crippen LogP contribution in [-0.2, 0) is 13.1 Å². The van der Waals surface area contributed by atoms with Crippen LogP contribution >= 0.6 is 11.8 Å². The first-order valence-corrected chi connectivity index (χ1v) is 10.6. The van der Waals surface area contributed by atoms with E-state index in [0.29, 0.717) is 24.9 Å². The maximum absolute atomic E-state index is 13.0. The summed E-state index contributed by atoms with van der Waals surface area (Å²) in [7, 11) is 0. The minimum Gasteiger partial charge on any atom is -0.395 e. The molecule has 1 saturated heterocycles. The zero-order chi connectivity index (χ0) is 20.0. The second kappa shape index (κ2) is 7.49. The van der Waals surface area contributed by atoms with Gasteiger partial charge in [-0.3, -0.25) is 13.9 Å². The number of fused-ring (bicyclic) bond motifs is 1. The number of nitrogens with zero attached hydrogens (tertiary/aromatic N) is 5. The predicted octanol–water partition coefficient (Wildman–Crippen LogP) is 0.213. The molecule has 1 aliphatic carbocycles. The van der Waals surface area contributed by atoms with Gasteiger partial charge in [-0.1, -0.05) is 12.1 Å². The van der Waals surface area contributed by atoms with E-state index in [1.807, 2.05) is 4.68 Å². The van der Waals surface area contributed by atoms with E-state index in [0.717, 1.165) is 24.4 Å². The first-order valence-electron chi connectivity index (χ1n) is 9.66. The van der Waals surface area contributed by atoms with Crippen LogP contribution in [0.4, 0.5) is 0 Å². The summed E-state index contributed by atoms with van der Waals surface area (Å²) in [6.07, 6.45) is 2.89. The van der Waals surface area contributed by atoms with E-state index < -0.39 is 6.10 Å². The molecular formula is C18H25N5O4S. The zero-order valence-electron chi connectivity index (χ0n) is 16.0. The summed E-state index contributed by atoms with van der Waals surface area (Å²) in [6, 6.07) is 0. The lowest BCUT2D eigenvalue weighted by atomic mass is 10.2. The van der Waals surface area contributed by atoms with Crippen LogP contribution < -0.4 is 11.2 Å². The van der Waals surface area contributed by atoms with Crippen LogP contribution in [0.2, 0.25) is 0 Å². The van der Waals surface area contributed by atoms with Crippen LogP contribution in [0.5, 0.6) is 0 Å². The number of hydrogen-bond donors (Lipinski definition) is 2. The quantitative estimate of drug-likeness (QED) is 0.674. The highest BCUT2D eigenvalue weighted by Gasteiger charge is 2.40. The van der Waals surface area contributed by atoms with Gasteiger partial charge in [0.2, 0.25) is 0 Å². The molecule has 2 aliphatic rings. The molecule has 0 amide bonds. The molecule has 2 N–H and O–H groups in total. The number of rotatable bonds is 7. The molecule has 3 heterocycles. The number of aliphatic hydroxyl groups is 2. The lowest BCUT2D eigenvalue weighted by molar-refractivity contribution is 0.137. The molecule has 0 bridgehead atoms. The van der Waals surface area contributed by atoms with Gasteiger partial charge in [0.05, 0.1) is 40.6 Å². The van der Waals surface area contributed by atoms with Gasteiger partial charge in [0.15, 0.2) is 0 Å². The second-order valence-corrected chi connectivity index (χ2v) is 8.92. The molecule has 10 heteroatoms. The van der Waals surface area contributed by atoms with Crippen molar-refractivity contribution in [3.63, 3.8) is 0 Å². The average molecular weight is 407 g/mol. The van der Waals surface area contributed by atoms with Crippen LogP contribution in [0.15, 0.2) is 15.8 Å². The third-order valence-electron chi connectivity index (χ3n) is 5.52. The third kappa shape index (κ3) is 3.23. The molecule has 9 nitrogen and oxygen atoms in total. The fourth-order valence-electron chi connectivity index (χ4n) is 3.95. The van der Waals surface area contributed by atoms with Crippen molar-refractivity contribution in [1.29, 1.82) is 0 Å². The zero-order valence-corrected chi connectivity index (χ0v) is 16.8. The van der Waals surface area contributed by atoms with E-state index in [1.54, 1.807) is 13.1 Å². The molecule has 28 heavy (non-hydrogen) atoms. The largest absolute Gasteiger partial charge is 0.395 e. The summed E-state index contributed by atoms with van der Waals surface area (Å²) in [6.45, 7) is 4.77. The van der Waals surface area contributed by atoms with Gasteiger partial charge in [0, 0.05) is 31.3 Å². The summed E-state index contributed by atoms with van der Waals surface area (Å²) in [5.41, 5.74) is 1.92. The van der Waals surface area contributed by atoms with E-state index in [4.69, 9.17) is 0 Å². The lowest BCUT2D eigenvalue weighted by Crippen LogP contribution is -2.41. The topological polar surface area (TPSA) is 115 Å².